The average Bonchev–Trinajstić information content (AvgIpc) is 3.65. The maximum absolute atomic E-state index is 2.38. The molecule has 1 heteroatoms. The zero-order chi connectivity index (χ0) is 29.5. The lowest BCUT2D eigenvalue weighted by atomic mass is 9.93. The van der Waals surface area contributed by atoms with Crippen molar-refractivity contribution in [1.82, 2.24) is 0 Å². The molecule has 0 spiro atoms. The van der Waals surface area contributed by atoms with Gasteiger partial charge in [0.15, 0.2) is 0 Å². The Hall–Kier alpha value is -5.50. The number of thiophene rings is 1. The fraction of sp³-hybridized carbons (Fsp3) is 0. The minimum absolute atomic E-state index is 1.24. The molecular formula is C44H26S. The van der Waals surface area contributed by atoms with Gasteiger partial charge in [-0.15, -0.1) is 11.3 Å². The van der Waals surface area contributed by atoms with Gasteiger partial charge in [0.25, 0.3) is 0 Å². The van der Waals surface area contributed by atoms with Gasteiger partial charge in [0.1, 0.15) is 0 Å². The minimum atomic E-state index is 1.24. The van der Waals surface area contributed by atoms with Crippen molar-refractivity contribution in [2.24, 2.45) is 0 Å². The highest BCUT2D eigenvalue weighted by molar-refractivity contribution is 7.26. The minimum Gasteiger partial charge on any atom is -0.135 e. The van der Waals surface area contributed by atoms with Gasteiger partial charge in [-0.1, -0.05) is 127 Å². The Morgan fingerprint density at radius 3 is 1.71 bits per heavy atom. The summed E-state index contributed by atoms with van der Waals surface area (Å²) in [6, 6.07) is 58.4. The maximum Gasteiger partial charge on any atom is 0.0433 e. The summed E-state index contributed by atoms with van der Waals surface area (Å²) in [5.41, 5.74) is 12.9. The van der Waals surface area contributed by atoms with Crippen molar-refractivity contribution in [3.63, 3.8) is 0 Å². The van der Waals surface area contributed by atoms with Crippen LogP contribution >= 0.6 is 11.3 Å². The zero-order valence-electron chi connectivity index (χ0n) is 24.4. The SMILES string of the molecule is c1ccc2c(c1)-c1cccc3cc(-c4ccc5cc(-c6ccc(-c7cccc8c7sc7ccccc78)cc6)ccc5c4)cc-2c13. The molecule has 1 heterocycles. The highest BCUT2D eigenvalue weighted by Crippen LogP contribution is 2.48. The van der Waals surface area contributed by atoms with Gasteiger partial charge in [0, 0.05) is 20.2 Å². The second kappa shape index (κ2) is 9.50. The predicted molar refractivity (Wildman–Crippen MR) is 195 cm³/mol. The van der Waals surface area contributed by atoms with Gasteiger partial charge in [-0.2, -0.15) is 0 Å². The molecule has 0 fully saturated rings. The third-order valence-electron chi connectivity index (χ3n) is 9.59. The summed E-state index contributed by atoms with van der Waals surface area (Å²) in [7, 11) is 0. The summed E-state index contributed by atoms with van der Waals surface area (Å²) in [6.45, 7) is 0. The lowest BCUT2D eigenvalue weighted by Gasteiger charge is -2.10. The van der Waals surface area contributed by atoms with E-state index in [0.717, 1.165) is 0 Å². The van der Waals surface area contributed by atoms with E-state index in [9.17, 15) is 0 Å². The predicted octanol–water partition coefficient (Wildman–Crippen LogP) is 13.0. The van der Waals surface area contributed by atoms with Crippen LogP contribution in [0.25, 0.3) is 97.4 Å². The summed E-state index contributed by atoms with van der Waals surface area (Å²) in [5.74, 6) is 0. The molecule has 0 saturated carbocycles. The normalized spacial score (nSPS) is 12.0. The van der Waals surface area contributed by atoms with E-state index in [0.29, 0.717) is 0 Å². The molecule has 1 aliphatic carbocycles. The van der Waals surface area contributed by atoms with E-state index < -0.39 is 0 Å². The molecule has 0 radical (unpaired) electrons. The summed E-state index contributed by atoms with van der Waals surface area (Å²) >= 11 is 1.89. The Balaban J connectivity index is 1.00. The molecule has 0 amide bonds. The Morgan fingerprint density at radius 2 is 0.889 bits per heavy atom. The largest absolute Gasteiger partial charge is 0.135 e. The van der Waals surface area contributed by atoms with Crippen LogP contribution in [-0.4, -0.2) is 0 Å². The van der Waals surface area contributed by atoms with E-state index in [2.05, 4.69) is 158 Å². The number of hydrogen-bond donors (Lipinski definition) is 0. The number of benzene rings is 8. The first-order valence-corrected chi connectivity index (χ1v) is 16.3. The Morgan fingerprint density at radius 1 is 0.311 bits per heavy atom. The molecule has 0 saturated heterocycles. The Bertz CT molecular complexity index is 2640. The van der Waals surface area contributed by atoms with Crippen LogP contribution in [-0.2, 0) is 0 Å². The molecule has 0 N–H and O–H groups in total. The molecular weight excluding hydrogens is 561 g/mol. The van der Waals surface area contributed by atoms with Crippen molar-refractivity contribution in [2.75, 3.05) is 0 Å². The fourth-order valence-corrected chi connectivity index (χ4v) is 8.64. The molecule has 1 aromatic heterocycles. The summed E-state index contributed by atoms with van der Waals surface area (Å²) < 4.78 is 2.70. The third kappa shape index (κ3) is 3.78. The van der Waals surface area contributed by atoms with E-state index in [1.165, 1.54) is 97.4 Å². The molecule has 8 aromatic carbocycles. The van der Waals surface area contributed by atoms with Crippen LogP contribution in [0.5, 0.6) is 0 Å². The highest BCUT2D eigenvalue weighted by atomic mass is 32.1. The van der Waals surface area contributed by atoms with E-state index in [-0.39, 0.29) is 0 Å². The molecule has 0 nitrogen and oxygen atoms in total. The lowest BCUT2D eigenvalue weighted by Crippen LogP contribution is -1.84. The zero-order valence-corrected chi connectivity index (χ0v) is 25.2. The molecule has 9 aromatic rings. The standard InChI is InChI=1S/C44H26S/c1-2-9-37-36(8-1)39-12-5-7-33-25-34(26-41(37)43(33)39)32-22-21-30-23-29(19-20-31(30)24-32)27-15-17-28(18-16-27)35-11-6-13-40-38-10-3-4-14-42(38)45-44(35)40/h1-26H. The van der Waals surface area contributed by atoms with Gasteiger partial charge >= 0.3 is 0 Å². The molecule has 1 aliphatic rings. The van der Waals surface area contributed by atoms with E-state index >= 15 is 0 Å². The maximum atomic E-state index is 2.38. The van der Waals surface area contributed by atoms with Gasteiger partial charge in [-0.25, -0.2) is 0 Å². The number of hydrogen-bond acceptors (Lipinski definition) is 1. The summed E-state index contributed by atoms with van der Waals surface area (Å²) in [4.78, 5) is 0. The van der Waals surface area contributed by atoms with Crippen molar-refractivity contribution < 1.29 is 0 Å². The average molecular weight is 587 g/mol. The Labute approximate surface area is 265 Å². The van der Waals surface area contributed by atoms with Crippen LogP contribution in [0, 0.1) is 0 Å². The first kappa shape index (κ1) is 24.9. The fourth-order valence-electron chi connectivity index (χ4n) is 7.41. The molecule has 45 heavy (non-hydrogen) atoms. The monoisotopic (exact) mass is 586 g/mol. The van der Waals surface area contributed by atoms with E-state index in [1.54, 1.807) is 0 Å². The number of fused-ring (bicyclic) bond motifs is 7. The van der Waals surface area contributed by atoms with E-state index in [1.807, 2.05) is 11.3 Å². The molecule has 0 bridgehead atoms. The summed E-state index contributed by atoms with van der Waals surface area (Å²) in [6.07, 6.45) is 0. The molecule has 0 aliphatic heterocycles. The molecule has 0 atom stereocenters. The molecule has 0 unspecified atom stereocenters. The molecule has 208 valence electrons. The lowest BCUT2D eigenvalue weighted by molar-refractivity contribution is 1.62. The van der Waals surface area contributed by atoms with Crippen LogP contribution in [0.2, 0.25) is 0 Å². The number of rotatable bonds is 3. The van der Waals surface area contributed by atoms with Gasteiger partial charge in [-0.3, -0.25) is 0 Å². The second-order valence-electron chi connectivity index (χ2n) is 12.1. The van der Waals surface area contributed by atoms with Gasteiger partial charge < -0.3 is 0 Å². The van der Waals surface area contributed by atoms with Crippen LogP contribution in [0.3, 0.4) is 0 Å². The van der Waals surface area contributed by atoms with Gasteiger partial charge in [-0.05, 0) is 108 Å². The van der Waals surface area contributed by atoms with E-state index in [4.69, 9.17) is 0 Å². The first-order chi connectivity index (χ1) is 22.3. The molecule has 10 rings (SSSR count). The van der Waals surface area contributed by atoms with Crippen molar-refractivity contribution in [2.45, 2.75) is 0 Å². The van der Waals surface area contributed by atoms with Gasteiger partial charge in [0.05, 0.1) is 0 Å². The quantitative estimate of drug-likeness (QED) is 0.193. The van der Waals surface area contributed by atoms with Crippen molar-refractivity contribution >= 4 is 53.1 Å². The van der Waals surface area contributed by atoms with Crippen molar-refractivity contribution in [3.05, 3.63) is 158 Å². The van der Waals surface area contributed by atoms with Gasteiger partial charge in [0.2, 0.25) is 0 Å². The smallest absolute Gasteiger partial charge is 0.0433 e. The second-order valence-corrected chi connectivity index (χ2v) is 13.2. The topological polar surface area (TPSA) is 0 Å². The van der Waals surface area contributed by atoms with Crippen LogP contribution < -0.4 is 0 Å². The van der Waals surface area contributed by atoms with Crippen LogP contribution in [0.1, 0.15) is 0 Å². The van der Waals surface area contributed by atoms with Crippen LogP contribution in [0.4, 0.5) is 0 Å². The van der Waals surface area contributed by atoms with Crippen LogP contribution in [0.15, 0.2) is 158 Å². The van der Waals surface area contributed by atoms with Crippen molar-refractivity contribution in [3.8, 4) is 55.6 Å². The summed E-state index contributed by atoms with van der Waals surface area (Å²) in [5, 5.41) is 7.88. The highest BCUT2D eigenvalue weighted by Gasteiger charge is 2.21. The third-order valence-corrected chi connectivity index (χ3v) is 10.8. The first-order valence-electron chi connectivity index (χ1n) is 15.5. The Kier molecular flexibility index (Phi) is 5.25. The van der Waals surface area contributed by atoms with Crippen molar-refractivity contribution in [1.29, 1.82) is 0 Å².